The van der Waals surface area contributed by atoms with E-state index in [1.54, 1.807) is 60.7 Å². The van der Waals surface area contributed by atoms with E-state index in [-0.39, 0.29) is 22.4 Å². The number of aromatic hydroxyl groups is 2. The third-order valence-electron chi connectivity index (χ3n) is 5.81. The average molecular weight is 507 g/mol. The van der Waals surface area contributed by atoms with Crippen LogP contribution in [0.15, 0.2) is 115 Å². The first-order valence-corrected chi connectivity index (χ1v) is 11.5. The fourth-order valence-electron chi connectivity index (χ4n) is 3.87. The average Bonchev–Trinajstić information content (AvgIpc) is 2.90. The topological polar surface area (TPSA) is 153 Å². The minimum atomic E-state index is -0.191. The van der Waals surface area contributed by atoms with Crippen molar-refractivity contribution >= 4 is 33.3 Å². The van der Waals surface area contributed by atoms with E-state index in [9.17, 15) is 19.8 Å². The van der Waals surface area contributed by atoms with E-state index in [4.69, 9.17) is 20.3 Å². The fourth-order valence-corrected chi connectivity index (χ4v) is 3.87. The van der Waals surface area contributed by atoms with Gasteiger partial charge < -0.3 is 30.5 Å². The third-order valence-corrected chi connectivity index (χ3v) is 5.81. The zero-order chi connectivity index (χ0) is 26.8. The highest BCUT2D eigenvalue weighted by Crippen LogP contribution is 2.26. The van der Waals surface area contributed by atoms with E-state index >= 15 is 0 Å². The Morgan fingerprint density at radius 2 is 0.868 bits per heavy atom. The molecule has 0 radical (unpaired) electrons. The highest BCUT2D eigenvalue weighted by Gasteiger charge is 2.09. The Morgan fingerprint density at radius 1 is 0.500 bits per heavy atom. The van der Waals surface area contributed by atoms with Crippen molar-refractivity contribution in [3.05, 3.63) is 118 Å². The van der Waals surface area contributed by atoms with Crippen LogP contribution in [0.3, 0.4) is 0 Å². The molecule has 6 aromatic rings. The second-order valence-electron chi connectivity index (χ2n) is 8.55. The van der Waals surface area contributed by atoms with E-state index in [0.29, 0.717) is 44.8 Å². The molecule has 0 unspecified atom stereocenters. The smallest absolute Gasteiger partial charge is 0.193 e. The molecule has 8 nitrogen and oxygen atoms in total. The number of nitrogens with two attached hydrogens (primary N) is 2. The van der Waals surface area contributed by atoms with Crippen molar-refractivity contribution in [2.45, 2.75) is 0 Å². The first kappa shape index (κ1) is 24.2. The molecular formula is C30H22N2O6. The first-order valence-electron chi connectivity index (χ1n) is 11.5. The molecular weight excluding hydrogens is 484 g/mol. The van der Waals surface area contributed by atoms with E-state index in [1.165, 1.54) is 36.4 Å². The molecule has 4 aromatic carbocycles. The minimum absolute atomic E-state index is 0.0417. The Balaban J connectivity index is 0.000000155. The summed E-state index contributed by atoms with van der Waals surface area (Å²) in [6.07, 6.45) is 0. The van der Waals surface area contributed by atoms with Crippen molar-refractivity contribution in [1.82, 2.24) is 0 Å². The summed E-state index contributed by atoms with van der Waals surface area (Å²) < 4.78 is 11.3. The molecule has 8 heteroatoms. The number of hydrogen-bond acceptors (Lipinski definition) is 8. The molecule has 0 aliphatic rings. The van der Waals surface area contributed by atoms with Gasteiger partial charge in [-0.1, -0.05) is 0 Å². The molecule has 0 atom stereocenters. The molecule has 0 amide bonds. The van der Waals surface area contributed by atoms with E-state index < -0.39 is 0 Å². The number of phenols is 2. The van der Waals surface area contributed by atoms with Crippen molar-refractivity contribution in [1.29, 1.82) is 0 Å². The highest BCUT2D eigenvalue weighted by atomic mass is 16.3. The van der Waals surface area contributed by atoms with Crippen LogP contribution in [0.4, 0.5) is 11.4 Å². The third kappa shape index (κ3) is 5.05. The lowest BCUT2D eigenvalue weighted by molar-refractivity contribution is 0.475. The largest absolute Gasteiger partial charge is 0.508 e. The summed E-state index contributed by atoms with van der Waals surface area (Å²) in [7, 11) is 0. The second kappa shape index (κ2) is 9.87. The van der Waals surface area contributed by atoms with Gasteiger partial charge in [-0.2, -0.15) is 0 Å². The normalized spacial score (nSPS) is 10.7. The van der Waals surface area contributed by atoms with Gasteiger partial charge in [0.1, 0.15) is 34.2 Å². The molecule has 0 saturated heterocycles. The van der Waals surface area contributed by atoms with Gasteiger partial charge in [-0.15, -0.1) is 0 Å². The molecule has 2 heterocycles. The maximum atomic E-state index is 12.0. The fraction of sp³-hybridized carbons (Fsp3) is 0. The molecule has 6 rings (SSSR count). The molecule has 0 bridgehead atoms. The Hall–Kier alpha value is -5.50. The van der Waals surface area contributed by atoms with Gasteiger partial charge in [0.25, 0.3) is 0 Å². The van der Waals surface area contributed by atoms with E-state index in [2.05, 4.69) is 0 Å². The van der Waals surface area contributed by atoms with Crippen LogP contribution in [0.5, 0.6) is 11.5 Å². The Kier molecular flexibility index (Phi) is 6.28. The molecule has 38 heavy (non-hydrogen) atoms. The SMILES string of the molecule is Nc1ccc(-c2cc(=O)c3cc(O)ccc3o2)cc1.Nc1ccc(-c2cc(=O)c3cc(O)ccc3o2)cc1. The summed E-state index contributed by atoms with van der Waals surface area (Å²) in [5, 5.41) is 19.5. The standard InChI is InChI=1S/2C15H11NO3/c2*16-10-3-1-9(2-4-10)15-8-13(18)12-7-11(17)5-6-14(12)19-15/h2*1-8,17H,16H2. The lowest BCUT2D eigenvalue weighted by Crippen LogP contribution is -2.00. The molecule has 0 aliphatic heterocycles. The number of nitrogen functional groups attached to an aromatic ring is 2. The summed E-state index contributed by atoms with van der Waals surface area (Å²) in [5.41, 5.74) is 14.6. The maximum Gasteiger partial charge on any atom is 0.193 e. The summed E-state index contributed by atoms with van der Waals surface area (Å²) in [6, 6.07) is 25.9. The number of anilines is 2. The van der Waals surface area contributed by atoms with Crippen LogP contribution in [-0.4, -0.2) is 10.2 Å². The highest BCUT2D eigenvalue weighted by molar-refractivity contribution is 5.81. The quantitative estimate of drug-likeness (QED) is 0.225. The van der Waals surface area contributed by atoms with Gasteiger partial charge in [-0.3, -0.25) is 9.59 Å². The van der Waals surface area contributed by atoms with Crippen LogP contribution in [0.1, 0.15) is 0 Å². The van der Waals surface area contributed by atoms with Crippen molar-refractivity contribution in [3.8, 4) is 34.1 Å². The second-order valence-corrected chi connectivity index (χ2v) is 8.55. The zero-order valence-electron chi connectivity index (χ0n) is 19.9. The first-order chi connectivity index (χ1) is 18.3. The number of benzene rings is 4. The van der Waals surface area contributed by atoms with Gasteiger partial charge in [-0.25, -0.2) is 0 Å². The molecule has 0 spiro atoms. The van der Waals surface area contributed by atoms with E-state index in [1.807, 2.05) is 0 Å². The van der Waals surface area contributed by atoms with Crippen LogP contribution >= 0.6 is 0 Å². The van der Waals surface area contributed by atoms with Crippen molar-refractivity contribution in [2.24, 2.45) is 0 Å². The monoisotopic (exact) mass is 506 g/mol. The number of rotatable bonds is 2. The van der Waals surface area contributed by atoms with Crippen LogP contribution in [0.2, 0.25) is 0 Å². The van der Waals surface area contributed by atoms with Crippen molar-refractivity contribution < 1.29 is 19.0 Å². The molecule has 6 N–H and O–H groups in total. The minimum Gasteiger partial charge on any atom is -0.508 e. The lowest BCUT2D eigenvalue weighted by atomic mass is 10.1. The Labute approximate surface area is 215 Å². The summed E-state index contributed by atoms with van der Waals surface area (Å²) >= 11 is 0. The van der Waals surface area contributed by atoms with Crippen molar-refractivity contribution in [3.63, 3.8) is 0 Å². The molecule has 188 valence electrons. The summed E-state index contributed by atoms with van der Waals surface area (Å²) in [5.74, 6) is 1.03. The summed E-state index contributed by atoms with van der Waals surface area (Å²) in [6.45, 7) is 0. The van der Waals surface area contributed by atoms with Crippen LogP contribution in [-0.2, 0) is 0 Å². The predicted octanol–water partition coefficient (Wildman–Crippen LogP) is 5.50. The van der Waals surface area contributed by atoms with Crippen LogP contribution in [0.25, 0.3) is 44.6 Å². The number of hydrogen-bond donors (Lipinski definition) is 4. The molecule has 0 fully saturated rings. The van der Waals surface area contributed by atoms with Gasteiger partial charge in [0.15, 0.2) is 10.9 Å². The Morgan fingerprint density at radius 3 is 1.24 bits per heavy atom. The molecule has 0 saturated carbocycles. The van der Waals surface area contributed by atoms with Gasteiger partial charge in [0, 0.05) is 34.6 Å². The maximum absolute atomic E-state index is 12.0. The van der Waals surface area contributed by atoms with E-state index in [0.717, 1.165) is 11.1 Å². The number of phenolic OH excluding ortho intramolecular Hbond substituents is 2. The van der Waals surface area contributed by atoms with Crippen molar-refractivity contribution in [2.75, 3.05) is 11.5 Å². The van der Waals surface area contributed by atoms with Crippen LogP contribution in [0, 0.1) is 0 Å². The van der Waals surface area contributed by atoms with Gasteiger partial charge in [0.2, 0.25) is 0 Å². The lowest BCUT2D eigenvalue weighted by Gasteiger charge is -2.04. The van der Waals surface area contributed by atoms with Crippen LogP contribution < -0.4 is 22.3 Å². The predicted molar refractivity (Wildman–Crippen MR) is 148 cm³/mol. The summed E-state index contributed by atoms with van der Waals surface area (Å²) in [4.78, 5) is 24.0. The zero-order valence-corrected chi connectivity index (χ0v) is 19.9. The van der Waals surface area contributed by atoms with Gasteiger partial charge >= 0.3 is 0 Å². The van der Waals surface area contributed by atoms with Gasteiger partial charge in [-0.05, 0) is 84.9 Å². The number of fused-ring (bicyclic) bond motifs is 2. The molecule has 2 aromatic heterocycles. The molecule has 0 aliphatic carbocycles. The Bertz CT molecular complexity index is 1750. The van der Waals surface area contributed by atoms with Gasteiger partial charge in [0.05, 0.1) is 10.8 Å².